The summed E-state index contributed by atoms with van der Waals surface area (Å²) in [5.74, 6) is -0.273. The van der Waals surface area contributed by atoms with Crippen LogP contribution >= 0.6 is 0 Å². The average Bonchev–Trinajstić information content (AvgIpc) is 2.65. The first-order chi connectivity index (χ1) is 13.0. The van der Waals surface area contributed by atoms with Gasteiger partial charge in [0, 0.05) is 19.0 Å². The largest absolute Gasteiger partial charge is 0.492 e. The molecule has 3 aromatic rings. The number of aromatic amines is 1. The minimum absolute atomic E-state index is 0.0654. The molecule has 2 N–H and O–H groups in total. The standard InChI is InChI=1S/C19H18FN3O4/c20-13-4-3-5-14(12-13)27-11-9-21-17(24)8-10-23-16-7-2-1-6-15(16)18(25)22-19(23)26/h1-7,12H,8-11H2,(H,21,24)(H,22,25,26). The van der Waals surface area contributed by atoms with Crippen LogP contribution in [0.1, 0.15) is 6.42 Å². The lowest BCUT2D eigenvalue weighted by atomic mass is 10.2. The number of nitrogens with one attached hydrogen (secondary N) is 2. The van der Waals surface area contributed by atoms with Crippen molar-refractivity contribution in [3.8, 4) is 5.75 Å². The fraction of sp³-hybridized carbons (Fsp3) is 0.211. The highest BCUT2D eigenvalue weighted by molar-refractivity contribution is 5.78. The van der Waals surface area contributed by atoms with E-state index < -0.39 is 17.1 Å². The quantitative estimate of drug-likeness (QED) is 0.614. The molecule has 0 bridgehead atoms. The molecule has 140 valence electrons. The Bertz CT molecular complexity index is 1070. The summed E-state index contributed by atoms with van der Waals surface area (Å²) in [5, 5.41) is 3.06. The van der Waals surface area contributed by atoms with Crippen molar-refractivity contribution >= 4 is 16.8 Å². The molecule has 7 nitrogen and oxygen atoms in total. The van der Waals surface area contributed by atoms with Crippen molar-refractivity contribution in [2.75, 3.05) is 13.2 Å². The summed E-state index contributed by atoms with van der Waals surface area (Å²) in [6, 6.07) is 12.4. The number of halogens is 1. The first kappa shape index (κ1) is 18.4. The van der Waals surface area contributed by atoms with Gasteiger partial charge in [-0.1, -0.05) is 18.2 Å². The number of fused-ring (bicyclic) bond motifs is 1. The van der Waals surface area contributed by atoms with E-state index in [0.29, 0.717) is 16.7 Å². The van der Waals surface area contributed by atoms with Crippen LogP contribution in [0.2, 0.25) is 0 Å². The molecule has 27 heavy (non-hydrogen) atoms. The number of hydrogen-bond acceptors (Lipinski definition) is 4. The predicted molar refractivity (Wildman–Crippen MR) is 98.4 cm³/mol. The van der Waals surface area contributed by atoms with Gasteiger partial charge < -0.3 is 10.1 Å². The molecule has 0 fully saturated rings. The number of aryl methyl sites for hydroxylation is 1. The molecule has 0 aliphatic heterocycles. The zero-order chi connectivity index (χ0) is 19.2. The van der Waals surface area contributed by atoms with Gasteiger partial charge in [-0.2, -0.15) is 0 Å². The molecule has 0 radical (unpaired) electrons. The molecular weight excluding hydrogens is 353 g/mol. The number of amides is 1. The Morgan fingerprint density at radius 2 is 1.96 bits per heavy atom. The average molecular weight is 371 g/mol. The summed E-state index contributed by atoms with van der Waals surface area (Å²) in [6.45, 7) is 0.570. The van der Waals surface area contributed by atoms with Crippen LogP contribution in [0.3, 0.4) is 0 Å². The molecule has 1 heterocycles. The van der Waals surface area contributed by atoms with Gasteiger partial charge in [0.25, 0.3) is 5.56 Å². The van der Waals surface area contributed by atoms with Gasteiger partial charge in [-0.25, -0.2) is 9.18 Å². The van der Waals surface area contributed by atoms with Crippen LogP contribution < -0.4 is 21.3 Å². The Kier molecular flexibility index (Phi) is 5.65. The third-order valence-corrected chi connectivity index (χ3v) is 3.96. The second-order valence-corrected chi connectivity index (χ2v) is 5.83. The van der Waals surface area contributed by atoms with Crippen LogP contribution in [-0.2, 0) is 11.3 Å². The zero-order valence-corrected chi connectivity index (χ0v) is 14.4. The molecule has 0 spiro atoms. The number of rotatable bonds is 7. The van der Waals surface area contributed by atoms with E-state index in [1.165, 1.54) is 22.8 Å². The topological polar surface area (TPSA) is 93.2 Å². The van der Waals surface area contributed by atoms with Crippen LogP contribution in [0.15, 0.2) is 58.1 Å². The maximum atomic E-state index is 13.0. The van der Waals surface area contributed by atoms with Gasteiger partial charge >= 0.3 is 5.69 Å². The van der Waals surface area contributed by atoms with E-state index in [2.05, 4.69) is 10.3 Å². The Hall–Kier alpha value is -3.42. The van der Waals surface area contributed by atoms with Crippen molar-refractivity contribution < 1.29 is 13.9 Å². The minimum atomic E-state index is -0.555. The lowest BCUT2D eigenvalue weighted by Crippen LogP contribution is -2.33. The van der Waals surface area contributed by atoms with Crippen LogP contribution in [-0.4, -0.2) is 28.6 Å². The maximum absolute atomic E-state index is 13.0. The summed E-state index contributed by atoms with van der Waals surface area (Å²) in [6.07, 6.45) is 0.0654. The van der Waals surface area contributed by atoms with Gasteiger partial charge in [-0.15, -0.1) is 0 Å². The van der Waals surface area contributed by atoms with Crippen molar-refractivity contribution in [3.05, 3.63) is 75.2 Å². The van der Waals surface area contributed by atoms with Gasteiger partial charge in [0.05, 0.1) is 17.4 Å². The Labute approximate surface area is 153 Å². The number of aromatic nitrogens is 2. The predicted octanol–water partition coefficient (Wildman–Crippen LogP) is 1.41. The highest BCUT2D eigenvalue weighted by Crippen LogP contribution is 2.11. The molecule has 0 saturated carbocycles. The van der Waals surface area contributed by atoms with Gasteiger partial charge in [-0.05, 0) is 24.3 Å². The molecule has 0 saturated heterocycles. The molecule has 8 heteroatoms. The number of benzene rings is 2. The van der Waals surface area contributed by atoms with Gasteiger partial charge in [0.1, 0.15) is 18.2 Å². The minimum Gasteiger partial charge on any atom is -0.492 e. The number of H-pyrrole nitrogens is 1. The number of carbonyl (C=O) groups is 1. The highest BCUT2D eigenvalue weighted by Gasteiger charge is 2.09. The number of carbonyl (C=O) groups excluding carboxylic acids is 1. The Morgan fingerprint density at radius 3 is 2.78 bits per heavy atom. The van der Waals surface area contributed by atoms with Crippen molar-refractivity contribution in [2.45, 2.75) is 13.0 Å². The smallest absolute Gasteiger partial charge is 0.328 e. The molecule has 0 aliphatic carbocycles. The highest BCUT2D eigenvalue weighted by atomic mass is 19.1. The van der Waals surface area contributed by atoms with E-state index in [1.54, 1.807) is 30.3 Å². The lowest BCUT2D eigenvalue weighted by molar-refractivity contribution is -0.121. The summed E-state index contributed by atoms with van der Waals surface area (Å²) in [5.41, 5.74) is -0.528. The normalized spacial score (nSPS) is 10.7. The van der Waals surface area contributed by atoms with Gasteiger partial charge in [0.2, 0.25) is 5.91 Å². The Morgan fingerprint density at radius 1 is 1.15 bits per heavy atom. The fourth-order valence-electron chi connectivity index (χ4n) is 2.68. The van der Waals surface area contributed by atoms with Crippen LogP contribution in [0.25, 0.3) is 10.9 Å². The monoisotopic (exact) mass is 371 g/mol. The molecular formula is C19H18FN3O4. The van der Waals surface area contributed by atoms with Gasteiger partial charge in [0.15, 0.2) is 0 Å². The lowest BCUT2D eigenvalue weighted by Gasteiger charge is -2.10. The van der Waals surface area contributed by atoms with Crippen molar-refractivity contribution in [2.24, 2.45) is 0 Å². The molecule has 1 aromatic heterocycles. The summed E-state index contributed by atoms with van der Waals surface area (Å²) in [4.78, 5) is 38.1. The van der Waals surface area contributed by atoms with Crippen molar-refractivity contribution in [1.82, 2.24) is 14.9 Å². The second kappa shape index (κ2) is 8.31. The third-order valence-electron chi connectivity index (χ3n) is 3.96. The molecule has 0 aliphatic rings. The first-order valence-electron chi connectivity index (χ1n) is 8.41. The number of para-hydroxylation sites is 1. The number of hydrogen-bond donors (Lipinski definition) is 2. The van der Waals surface area contributed by atoms with Crippen molar-refractivity contribution in [3.63, 3.8) is 0 Å². The van der Waals surface area contributed by atoms with Crippen LogP contribution in [0, 0.1) is 5.82 Å². The molecule has 0 unspecified atom stereocenters. The number of nitrogens with zero attached hydrogens (tertiary/aromatic N) is 1. The summed E-state index contributed by atoms with van der Waals surface area (Å²) in [7, 11) is 0. The van der Waals surface area contributed by atoms with E-state index in [1.807, 2.05) is 0 Å². The van der Waals surface area contributed by atoms with E-state index >= 15 is 0 Å². The zero-order valence-electron chi connectivity index (χ0n) is 14.4. The summed E-state index contributed by atoms with van der Waals surface area (Å²) < 4.78 is 19.7. The molecule has 0 atom stereocenters. The fourth-order valence-corrected chi connectivity index (χ4v) is 2.68. The van der Waals surface area contributed by atoms with E-state index in [4.69, 9.17) is 4.74 Å². The van der Waals surface area contributed by atoms with Gasteiger partial charge in [-0.3, -0.25) is 19.1 Å². The second-order valence-electron chi connectivity index (χ2n) is 5.83. The van der Waals surface area contributed by atoms with Crippen LogP contribution in [0.5, 0.6) is 5.75 Å². The first-order valence-corrected chi connectivity index (χ1v) is 8.41. The molecule has 2 aromatic carbocycles. The van der Waals surface area contributed by atoms with Crippen molar-refractivity contribution in [1.29, 1.82) is 0 Å². The molecule has 1 amide bonds. The maximum Gasteiger partial charge on any atom is 0.328 e. The SMILES string of the molecule is O=C(CCn1c(=O)[nH]c(=O)c2ccccc21)NCCOc1cccc(F)c1. The summed E-state index contributed by atoms with van der Waals surface area (Å²) >= 11 is 0. The van der Waals surface area contributed by atoms with Crippen LogP contribution in [0.4, 0.5) is 4.39 Å². The van der Waals surface area contributed by atoms with E-state index in [9.17, 15) is 18.8 Å². The van der Waals surface area contributed by atoms with E-state index in [-0.39, 0.29) is 32.0 Å². The number of ether oxygens (including phenoxy) is 1. The van der Waals surface area contributed by atoms with E-state index in [0.717, 1.165) is 0 Å². The Balaban J connectivity index is 1.53. The third kappa shape index (κ3) is 4.60. The molecule has 3 rings (SSSR count).